The Hall–Kier alpha value is -0.330. The minimum Gasteiger partial charge on any atom is -0.300 e. The molecule has 0 heterocycles. The fraction of sp³-hybridized carbons (Fsp3) is 0.889. The minimum absolute atomic E-state index is 0.370. The number of Topliss-reactive ketones (excluding diaryl/α,β-unsaturated/α-hetero) is 1. The summed E-state index contributed by atoms with van der Waals surface area (Å²) in [6.45, 7) is 6.16. The van der Waals surface area contributed by atoms with Gasteiger partial charge in [-0.2, -0.15) is 0 Å². The van der Waals surface area contributed by atoms with Crippen molar-refractivity contribution in [3.05, 3.63) is 0 Å². The quantitative estimate of drug-likeness (QED) is 0.546. The summed E-state index contributed by atoms with van der Waals surface area (Å²) in [6.07, 6.45) is 2.36. The summed E-state index contributed by atoms with van der Waals surface area (Å²) in [6, 6.07) is 0. The maximum absolute atomic E-state index is 11.0. The van der Waals surface area contributed by atoms with Gasteiger partial charge in [-0.25, -0.2) is 0 Å². The van der Waals surface area contributed by atoms with Crippen molar-refractivity contribution in [2.75, 3.05) is 0 Å². The average Bonchev–Trinajstić information content (AvgIpc) is 2.14. The molecule has 1 aliphatic rings. The van der Waals surface area contributed by atoms with Gasteiger partial charge in [-0.05, 0) is 31.6 Å². The lowest BCUT2D eigenvalue weighted by Gasteiger charge is -2.14. The van der Waals surface area contributed by atoms with E-state index >= 15 is 0 Å². The zero-order valence-electron chi connectivity index (χ0n) is 7.05. The van der Waals surface area contributed by atoms with Gasteiger partial charge < -0.3 is 0 Å². The molecule has 1 nitrogen and oxygen atoms in total. The third-order valence-electron chi connectivity index (χ3n) is 2.99. The number of ketones is 1. The molecule has 0 N–H and O–H groups in total. The molecule has 1 aliphatic carbocycles. The molecule has 0 radical (unpaired) electrons. The van der Waals surface area contributed by atoms with Crippen molar-refractivity contribution in [3.63, 3.8) is 0 Å². The van der Waals surface area contributed by atoms with Crippen molar-refractivity contribution < 1.29 is 4.79 Å². The molecule has 0 spiro atoms. The monoisotopic (exact) mass is 140 g/mol. The first kappa shape index (κ1) is 7.77. The molecule has 58 valence electrons. The second kappa shape index (κ2) is 2.73. The Morgan fingerprint density at radius 3 is 2.10 bits per heavy atom. The van der Waals surface area contributed by atoms with Crippen molar-refractivity contribution in [1.82, 2.24) is 0 Å². The van der Waals surface area contributed by atoms with Crippen LogP contribution in [0.4, 0.5) is 0 Å². The molecule has 10 heavy (non-hydrogen) atoms. The molecule has 0 saturated heterocycles. The normalized spacial score (nSPS) is 40.1. The summed E-state index contributed by atoms with van der Waals surface area (Å²) in [4.78, 5) is 11.0. The van der Waals surface area contributed by atoms with Crippen LogP contribution < -0.4 is 0 Å². The van der Waals surface area contributed by atoms with Gasteiger partial charge in [-0.1, -0.05) is 13.8 Å². The first-order chi connectivity index (χ1) is 4.63. The fourth-order valence-electron chi connectivity index (χ4n) is 1.94. The topological polar surface area (TPSA) is 17.1 Å². The van der Waals surface area contributed by atoms with Crippen LogP contribution >= 0.6 is 0 Å². The molecule has 0 aromatic rings. The number of rotatable bonds is 1. The number of carbonyl (C=O) groups excluding carboxylic acids is 1. The Balaban J connectivity index is 2.57. The first-order valence-corrected chi connectivity index (χ1v) is 4.13. The van der Waals surface area contributed by atoms with Crippen molar-refractivity contribution in [2.45, 2.75) is 33.6 Å². The number of hydrogen-bond donors (Lipinski definition) is 0. The van der Waals surface area contributed by atoms with Crippen molar-refractivity contribution >= 4 is 5.78 Å². The summed E-state index contributed by atoms with van der Waals surface area (Å²) in [7, 11) is 0. The molecule has 0 unspecified atom stereocenters. The molecule has 0 amide bonds. The highest BCUT2D eigenvalue weighted by Crippen LogP contribution is 2.36. The molecule has 0 aliphatic heterocycles. The van der Waals surface area contributed by atoms with E-state index in [4.69, 9.17) is 0 Å². The first-order valence-electron chi connectivity index (χ1n) is 4.13. The van der Waals surface area contributed by atoms with E-state index in [1.165, 1.54) is 6.42 Å². The van der Waals surface area contributed by atoms with Gasteiger partial charge in [0.15, 0.2) is 0 Å². The lowest BCUT2D eigenvalue weighted by atomic mass is 9.90. The molecule has 1 rings (SSSR count). The van der Waals surface area contributed by atoms with E-state index in [9.17, 15) is 4.79 Å². The van der Waals surface area contributed by atoms with Gasteiger partial charge in [-0.15, -0.1) is 0 Å². The van der Waals surface area contributed by atoms with Crippen molar-refractivity contribution in [2.24, 2.45) is 17.8 Å². The Labute approximate surface area is 62.8 Å². The lowest BCUT2D eigenvalue weighted by molar-refractivity contribution is -0.121. The van der Waals surface area contributed by atoms with E-state index in [2.05, 4.69) is 13.8 Å². The Bertz CT molecular complexity index is 140. The third-order valence-corrected chi connectivity index (χ3v) is 2.99. The highest BCUT2D eigenvalue weighted by atomic mass is 16.1. The maximum Gasteiger partial charge on any atom is 0.133 e. The van der Waals surface area contributed by atoms with Crippen LogP contribution in [0.2, 0.25) is 0 Å². The van der Waals surface area contributed by atoms with E-state index in [-0.39, 0.29) is 0 Å². The van der Waals surface area contributed by atoms with E-state index in [1.807, 2.05) is 0 Å². The zero-order valence-corrected chi connectivity index (χ0v) is 7.05. The third kappa shape index (κ3) is 1.23. The Kier molecular flexibility index (Phi) is 2.12. The molecular weight excluding hydrogens is 124 g/mol. The summed E-state index contributed by atoms with van der Waals surface area (Å²) < 4.78 is 0. The van der Waals surface area contributed by atoms with Crippen LogP contribution in [0.15, 0.2) is 0 Å². The summed E-state index contributed by atoms with van der Waals surface area (Å²) >= 11 is 0. The minimum atomic E-state index is 0.370. The average molecular weight is 140 g/mol. The molecule has 1 saturated carbocycles. The largest absolute Gasteiger partial charge is 0.300 e. The molecule has 0 aromatic heterocycles. The van der Waals surface area contributed by atoms with Gasteiger partial charge in [0, 0.05) is 5.92 Å². The second-order valence-corrected chi connectivity index (χ2v) is 3.63. The van der Waals surface area contributed by atoms with Crippen molar-refractivity contribution in [3.8, 4) is 0 Å². The van der Waals surface area contributed by atoms with Gasteiger partial charge in [0.25, 0.3) is 0 Å². The molecule has 1 heteroatoms. The Morgan fingerprint density at radius 2 is 1.90 bits per heavy atom. The SMILES string of the molecule is CC(=O)[C@@H]1CC[C@H](C)[C@@H]1C. The van der Waals surface area contributed by atoms with Gasteiger partial charge >= 0.3 is 0 Å². The summed E-state index contributed by atoms with van der Waals surface area (Å²) in [5, 5.41) is 0. The lowest BCUT2D eigenvalue weighted by Crippen LogP contribution is -2.15. The molecule has 1 fully saturated rings. The highest BCUT2D eigenvalue weighted by molar-refractivity contribution is 5.78. The predicted octanol–water partition coefficient (Wildman–Crippen LogP) is 2.26. The van der Waals surface area contributed by atoms with Gasteiger partial charge in [0.05, 0.1) is 0 Å². The summed E-state index contributed by atoms with van der Waals surface area (Å²) in [5.74, 6) is 2.14. The molecule has 0 aromatic carbocycles. The highest BCUT2D eigenvalue weighted by Gasteiger charge is 2.32. The predicted molar refractivity (Wildman–Crippen MR) is 41.7 cm³/mol. The smallest absolute Gasteiger partial charge is 0.133 e. The fourth-order valence-corrected chi connectivity index (χ4v) is 1.94. The van der Waals surface area contributed by atoms with E-state index in [0.717, 1.165) is 12.3 Å². The Morgan fingerprint density at radius 1 is 1.30 bits per heavy atom. The van der Waals surface area contributed by atoms with E-state index in [1.54, 1.807) is 6.92 Å². The maximum atomic E-state index is 11.0. The zero-order chi connectivity index (χ0) is 7.72. The number of hydrogen-bond acceptors (Lipinski definition) is 1. The van der Waals surface area contributed by atoms with Crippen LogP contribution in [0.1, 0.15) is 33.6 Å². The van der Waals surface area contributed by atoms with Crippen LogP contribution in [-0.2, 0) is 4.79 Å². The van der Waals surface area contributed by atoms with Gasteiger partial charge in [0.2, 0.25) is 0 Å². The van der Waals surface area contributed by atoms with Crippen LogP contribution in [0, 0.1) is 17.8 Å². The van der Waals surface area contributed by atoms with Gasteiger partial charge in [0.1, 0.15) is 5.78 Å². The number of carbonyl (C=O) groups is 1. The van der Waals surface area contributed by atoms with Gasteiger partial charge in [-0.3, -0.25) is 4.79 Å². The van der Waals surface area contributed by atoms with Crippen LogP contribution in [0.3, 0.4) is 0 Å². The van der Waals surface area contributed by atoms with Crippen molar-refractivity contribution in [1.29, 1.82) is 0 Å². The van der Waals surface area contributed by atoms with Crippen LogP contribution in [0.25, 0.3) is 0 Å². The molecule has 3 atom stereocenters. The van der Waals surface area contributed by atoms with E-state index < -0.39 is 0 Å². The molecule has 0 bridgehead atoms. The van der Waals surface area contributed by atoms with E-state index in [0.29, 0.717) is 17.6 Å². The standard InChI is InChI=1S/C9H16O/c1-6-4-5-9(7(6)2)8(3)10/h6-7,9H,4-5H2,1-3H3/t6-,7-,9+/m0/s1. The molecular formula is C9H16O. The second-order valence-electron chi connectivity index (χ2n) is 3.63. The van der Waals surface area contributed by atoms with Crippen LogP contribution in [-0.4, -0.2) is 5.78 Å². The summed E-state index contributed by atoms with van der Waals surface area (Å²) in [5.41, 5.74) is 0. The van der Waals surface area contributed by atoms with Crippen LogP contribution in [0.5, 0.6) is 0 Å².